The molecule has 4 heteroatoms. The van der Waals surface area contributed by atoms with Gasteiger partial charge >= 0.3 is 0 Å². The molecule has 94 valence electrons. The lowest BCUT2D eigenvalue weighted by Gasteiger charge is -2.24. The molecule has 0 radical (unpaired) electrons. The summed E-state index contributed by atoms with van der Waals surface area (Å²) in [5.41, 5.74) is 3.01. The molecule has 0 aliphatic heterocycles. The first-order valence-electron chi connectivity index (χ1n) is 5.60. The molecule has 0 aromatic heterocycles. The molecule has 1 aromatic rings. The minimum absolute atomic E-state index is 0.117. The van der Waals surface area contributed by atoms with Crippen molar-refractivity contribution < 1.29 is 4.79 Å². The van der Waals surface area contributed by atoms with Gasteiger partial charge in [0, 0.05) is 5.69 Å². The van der Waals surface area contributed by atoms with E-state index in [1.165, 1.54) is 4.90 Å². The number of carbonyl (C=O) groups is 1. The van der Waals surface area contributed by atoms with Gasteiger partial charge in [0.05, 0.1) is 0 Å². The highest BCUT2D eigenvalue weighted by molar-refractivity contribution is 6.34. The van der Waals surface area contributed by atoms with E-state index >= 15 is 0 Å². The molecule has 0 bridgehead atoms. The standard InChI is InChI=1S/C13H17Cl2NO/c1-4-11(15)13(17)16(8-14)12-6-5-9(2)7-10(12)3/h5-7,11H,4,8H2,1-3H3. The number of hydrogen-bond acceptors (Lipinski definition) is 1. The third-order valence-electron chi connectivity index (χ3n) is 2.66. The Kier molecular flexibility index (Phi) is 5.29. The van der Waals surface area contributed by atoms with Crippen molar-refractivity contribution in [2.45, 2.75) is 32.6 Å². The predicted molar refractivity (Wildman–Crippen MR) is 74.1 cm³/mol. The molecule has 0 aliphatic carbocycles. The van der Waals surface area contributed by atoms with E-state index in [1.54, 1.807) is 0 Å². The van der Waals surface area contributed by atoms with E-state index in [0.29, 0.717) is 6.42 Å². The molecule has 0 heterocycles. The van der Waals surface area contributed by atoms with Crippen molar-refractivity contribution in [3.8, 4) is 0 Å². The van der Waals surface area contributed by atoms with Crippen molar-refractivity contribution in [1.82, 2.24) is 0 Å². The maximum Gasteiger partial charge on any atom is 0.246 e. The number of aryl methyl sites for hydroxylation is 2. The fourth-order valence-corrected chi connectivity index (χ4v) is 2.06. The molecular weight excluding hydrogens is 257 g/mol. The van der Waals surface area contributed by atoms with Gasteiger partial charge in [0.25, 0.3) is 0 Å². The highest BCUT2D eigenvalue weighted by Gasteiger charge is 2.22. The summed E-state index contributed by atoms with van der Waals surface area (Å²) >= 11 is 11.8. The number of carbonyl (C=O) groups excluding carboxylic acids is 1. The third-order valence-corrected chi connectivity index (χ3v) is 3.39. The number of rotatable bonds is 4. The van der Waals surface area contributed by atoms with Crippen LogP contribution >= 0.6 is 23.2 Å². The molecule has 1 atom stereocenters. The molecule has 1 rings (SSSR count). The topological polar surface area (TPSA) is 20.3 Å². The fourth-order valence-electron chi connectivity index (χ4n) is 1.69. The van der Waals surface area contributed by atoms with Gasteiger partial charge in [-0.1, -0.05) is 24.6 Å². The third kappa shape index (κ3) is 3.36. The number of nitrogens with zero attached hydrogens (tertiary/aromatic N) is 1. The molecule has 0 aliphatic rings. The van der Waals surface area contributed by atoms with Gasteiger partial charge in [-0.05, 0) is 31.9 Å². The molecule has 2 nitrogen and oxygen atoms in total. The van der Waals surface area contributed by atoms with Crippen LogP contribution < -0.4 is 4.90 Å². The van der Waals surface area contributed by atoms with E-state index in [1.807, 2.05) is 39.0 Å². The number of alkyl halides is 2. The normalized spacial score (nSPS) is 12.3. The second kappa shape index (κ2) is 6.27. The molecule has 0 spiro atoms. The van der Waals surface area contributed by atoms with Gasteiger partial charge in [-0.15, -0.1) is 23.2 Å². The summed E-state index contributed by atoms with van der Waals surface area (Å²) in [5.74, 6) is -0.142. The average molecular weight is 274 g/mol. The summed E-state index contributed by atoms with van der Waals surface area (Å²) in [7, 11) is 0. The summed E-state index contributed by atoms with van der Waals surface area (Å²) in [4.78, 5) is 13.6. The lowest BCUT2D eigenvalue weighted by atomic mass is 10.1. The van der Waals surface area contributed by atoms with E-state index in [0.717, 1.165) is 16.8 Å². The van der Waals surface area contributed by atoms with E-state index < -0.39 is 5.38 Å². The van der Waals surface area contributed by atoms with Crippen LogP contribution in [-0.4, -0.2) is 17.3 Å². The SMILES string of the molecule is CCC(Cl)C(=O)N(CCl)c1ccc(C)cc1C. The van der Waals surface area contributed by atoms with Crippen molar-refractivity contribution >= 4 is 34.8 Å². The summed E-state index contributed by atoms with van der Waals surface area (Å²) < 4.78 is 0. The Bertz CT molecular complexity index is 406. The van der Waals surface area contributed by atoms with Crippen molar-refractivity contribution in [2.24, 2.45) is 0 Å². The number of anilines is 1. The Morgan fingerprint density at radius 2 is 2.06 bits per heavy atom. The summed E-state index contributed by atoms with van der Waals surface area (Å²) in [5, 5.41) is -0.519. The molecule has 1 unspecified atom stereocenters. The summed E-state index contributed by atoms with van der Waals surface area (Å²) in [6.45, 7) is 5.86. The first-order chi connectivity index (χ1) is 8.01. The van der Waals surface area contributed by atoms with Crippen LogP contribution in [0.3, 0.4) is 0 Å². The Hall–Kier alpha value is -0.730. The van der Waals surface area contributed by atoms with Crippen LogP contribution in [0.5, 0.6) is 0 Å². The molecule has 1 aromatic carbocycles. The van der Waals surface area contributed by atoms with Gasteiger partial charge in [-0.2, -0.15) is 0 Å². The Morgan fingerprint density at radius 1 is 1.41 bits per heavy atom. The zero-order valence-corrected chi connectivity index (χ0v) is 11.8. The number of halogens is 2. The highest BCUT2D eigenvalue weighted by Crippen LogP contribution is 2.23. The van der Waals surface area contributed by atoms with Gasteiger partial charge in [-0.25, -0.2) is 0 Å². The monoisotopic (exact) mass is 273 g/mol. The van der Waals surface area contributed by atoms with E-state index in [2.05, 4.69) is 0 Å². The van der Waals surface area contributed by atoms with Crippen LogP contribution in [0.15, 0.2) is 18.2 Å². The van der Waals surface area contributed by atoms with E-state index in [4.69, 9.17) is 23.2 Å². The Labute approximate surface area is 113 Å². The smallest absolute Gasteiger partial charge is 0.246 e. The van der Waals surface area contributed by atoms with Gasteiger partial charge in [0.2, 0.25) is 5.91 Å². The van der Waals surface area contributed by atoms with Crippen LogP contribution in [-0.2, 0) is 4.79 Å². The maximum absolute atomic E-state index is 12.1. The fraction of sp³-hybridized carbons (Fsp3) is 0.462. The van der Waals surface area contributed by atoms with Gasteiger partial charge < -0.3 is 0 Å². The number of hydrogen-bond donors (Lipinski definition) is 0. The van der Waals surface area contributed by atoms with Crippen LogP contribution in [0.4, 0.5) is 5.69 Å². The lowest BCUT2D eigenvalue weighted by Crippen LogP contribution is -2.36. The zero-order chi connectivity index (χ0) is 13.0. The lowest BCUT2D eigenvalue weighted by molar-refractivity contribution is -0.118. The average Bonchev–Trinajstić information content (AvgIpc) is 2.31. The van der Waals surface area contributed by atoms with Crippen LogP contribution in [0.1, 0.15) is 24.5 Å². The van der Waals surface area contributed by atoms with Gasteiger partial charge in [0.15, 0.2) is 0 Å². The molecule has 1 amide bonds. The largest absolute Gasteiger partial charge is 0.297 e. The molecule has 0 saturated heterocycles. The maximum atomic E-state index is 12.1. The van der Waals surface area contributed by atoms with Crippen LogP contribution in [0.2, 0.25) is 0 Å². The van der Waals surface area contributed by atoms with Crippen LogP contribution in [0.25, 0.3) is 0 Å². The molecule has 0 fully saturated rings. The quantitative estimate of drug-likeness (QED) is 0.603. The molecule has 0 saturated carbocycles. The molecular formula is C13H17Cl2NO. The minimum atomic E-state index is -0.519. The van der Waals surface area contributed by atoms with Gasteiger partial charge in [-0.3, -0.25) is 9.69 Å². The summed E-state index contributed by atoms with van der Waals surface area (Å²) in [6.07, 6.45) is 0.596. The highest BCUT2D eigenvalue weighted by atomic mass is 35.5. The minimum Gasteiger partial charge on any atom is -0.297 e. The molecule has 0 N–H and O–H groups in total. The van der Waals surface area contributed by atoms with E-state index in [9.17, 15) is 4.79 Å². The number of benzene rings is 1. The second-order valence-corrected chi connectivity index (χ2v) is 4.82. The number of amides is 1. The van der Waals surface area contributed by atoms with Crippen LogP contribution in [0, 0.1) is 13.8 Å². The predicted octanol–water partition coefficient (Wildman–Crippen LogP) is 3.85. The van der Waals surface area contributed by atoms with Crippen molar-refractivity contribution in [2.75, 3.05) is 10.9 Å². The van der Waals surface area contributed by atoms with E-state index in [-0.39, 0.29) is 11.9 Å². The van der Waals surface area contributed by atoms with Crippen molar-refractivity contribution in [3.63, 3.8) is 0 Å². The zero-order valence-electron chi connectivity index (χ0n) is 10.3. The Balaban J connectivity index is 3.05. The first kappa shape index (κ1) is 14.3. The molecule has 17 heavy (non-hydrogen) atoms. The van der Waals surface area contributed by atoms with Crippen molar-refractivity contribution in [1.29, 1.82) is 0 Å². The van der Waals surface area contributed by atoms with Crippen molar-refractivity contribution in [3.05, 3.63) is 29.3 Å². The second-order valence-electron chi connectivity index (χ2n) is 4.05. The Morgan fingerprint density at radius 3 is 2.53 bits per heavy atom. The summed E-state index contributed by atoms with van der Waals surface area (Å²) in [6, 6.07) is 6.01. The van der Waals surface area contributed by atoms with Gasteiger partial charge in [0.1, 0.15) is 11.4 Å². The first-order valence-corrected chi connectivity index (χ1v) is 6.57.